The van der Waals surface area contributed by atoms with E-state index in [-0.39, 0.29) is 5.82 Å². The van der Waals surface area contributed by atoms with E-state index in [0.717, 1.165) is 16.8 Å². The smallest absolute Gasteiger partial charge is 0.188 e. The van der Waals surface area contributed by atoms with Crippen LogP contribution in [0.1, 0.15) is 16.8 Å². The van der Waals surface area contributed by atoms with Gasteiger partial charge in [-0.25, -0.2) is 14.4 Å². The second-order valence-corrected chi connectivity index (χ2v) is 4.83. The molecule has 3 nitrogen and oxygen atoms in total. The van der Waals surface area contributed by atoms with E-state index in [4.69, 9.17) is 5.73 Å². The van der Waals surface area contributed by atoms with Gasteiger partial charge in [0.25, 0.3) is 0 Å². The number of thioether (sulfide) groups is 1. The van der Waals surface area contributed by atoms with E-state index >= 15 is 0 Å². The predicted molar refractivity (Wildman–Crippen MR) is 70.6 cm³/mol. The van der Waals surface area contributed by atoms with Crippen LogP contribution in [-0.2, 0) is 12.3 Å². The number of aromatic nitrogens is 2. The maximum atomic E-state index is 13.2. The molecular formula is C13H14FN3S. The molecule has 0 aliphatic rings. The predicted octanol–water partition coefficient (Wildman–Crippen LogP) is 2.68. The number of hydrogen-bond acceptors (Lipinski definition) is 4. The molecule has 0 saturated heterocycles. The molecule has 0 radical (unpaired) electrons. The summed E-state index contributed by atoms with van der Waals surface area (Å²) in [6, 6.07) is 6.52. The van der Waals surface area contributed by atoms with Crippen molar-refractivity contribution in [3.63, 3.8) is 0 Å². The molecule has 0 bridgehead atoms. The third kappa shape index (κ3) is 3.27. The molecule has 1 heterocycles. The van der Waals surface area contributed by atoms with Gasteiger partial charge in [0, 0.05) is 24.2 Å². The Balaban J connectivity index is 2.12. The van der Waals surface area contributed by atoms with Gasteiger partial charge in [0.1, 0.15) is 5.82 Å². The zero-order valence-corrected chi connectivity index (χ0v) is 10.9. The molecule has 1 aromatic carbocycles. The number of hydrogen-bond donors (Lipinski definition) is 1. The highest BCUT2D eigenvalue weighted by atomic mass is 32.2. The van der Waals surface area contributed by atoms with E-state index in [1.807, 2.05) is 13.0 Å². The molecule has 0 unspecified atom stereocenters. The van der Waals surface area contributed by atoms with E-state index in [1.54, 1.807) is 12.3 Å². The Kier molecular flexibility index (Phi) is 4.28. The van der Waals surface area contributed by atoms with E-state index in [1.165, 1.54) is 23.9 Å². The molecule has 0 spiro atoms. The molecule has 0 aliphatic heterocycles. The quantitative estimate of drug-likeness (QED) is 0.680. The maximum absolute atomic E-state index is 13.2. The van der Waals surface area contributed by atoms with Crippen molar-refractivity contribution < 1.29 is 4.39 Å². The Hall–Kier alpha value is -1.46. The summed E-state index contributed by atoms with van der Waals surface area (Å²) in [5.74, 6) is 0.376. The SMILES string of the molecule is Cc1ccnc(SCc2cc(F)ccc2CN)n1. The standard InChI is InChI=1S/C13H14FN3S/c1-9-4-5-16-13(17-9)18-8-11-6-12(14)3-2-10(11)7-15/h2-6H,7-8,15H2,1H3. The van der Waals surface area contributed by atoms with Gasteiger partial charge in [-0.05, 0) is 36.2 Å². The fourth-order valence-electron chi connectivity index (χ4n) is 1.57. The molecule has 2 aromatic rings. The average molecular weight is 263 g/mol. The zero-order chi connectivity index (χ0) is 13.0. The summed E-state index contributed by atoms with van der Waals surface area (Å²) in [5.41, 5.74) is 8.40. The first-order valence-corrected chi connectivity index (χ1v) is 6.57. The van der Waals surface area contributed by atoms with Crippen LogP contribution in [0.25, 0.3) is 0 Å². The number of nitrogens with two attached hydrogens (primary N) is 1. The monoisotopic (exact) mass is 263 g/mol. The van der Waals surface area contributed by atoms with Crippen molar-refractivity contribution in [1.29, 1.82) is 0 Å². The zero-order valence-electron chi connectivity index (χ0n) is 10.1. The molecule has 0 aliphatic carbocycles. The Bertz CT molecular complexity index is 546. The van der Waals surface area contributed by atoms with Crippen molar-refractivity contribution in [1.82, 2.24) is 9.97 Å². The van der Waals surface area contributed by atoms with E-state index < -0.39 is 0 Å². The van der Waals surface area contributed by atoms with Gasteiger partial charge in [-0.15, -0.1) is 0 Å². The highest BCUT2D eigenvalue weighted by molar-refractivity contribution is 7.98. The number of halogens is 1. The molecule has 2 rings (SSSR count). The van der Waals surface area contributed by atoms with E-state index in [2.05, 4.69) is 9.97 Å². The molecule has 1 aromatic heterocycles. The van der Waals surface area contributed by atoms with Crippen molar-refractivity contribution >= 4 is 11.8 Å². The normalized spacial score (nSPS) is 10.6. The second kappa shape index (κ2) is 5.93. The van der Waals surface area contributed by atoms with Gasteiger partial charge >= 0.3 is 0 Å². The van der Waals surface area contributed by atoms with Crippen LogP contribution >= 0.6 is 11.8 Å². The van der Waals surface area contributed by atoms with E-state index in [9.17, 15) is 4.39 Å². The minimum absolute atomic E-state index is 0.243. The van der Waals surface area contributed by atoms with E-state index in [0.29, 0.717) is 17.5 Å². The van der Waals surface area contributed by atoms with Gasteiger partial charge in [0.2, 0.25) is 0 Å². The Labute approximate surface area is 110 Å². The van der Waals surface area contributed by atoms with Crippen LogP contribution in [0.15, 0.2) is 35.6 Å². The molecule has 0 atom stereocenters. The largest absolute Gasteiger partial charge is 0.326 e. The fraction of sp³-hybridized carbons (Fsp3) is 0.231. The van der Waals surface area contributed by atoms with Crippen LogP contribution < -0.4 is 5.73 Å². The van der Waals surface area contributed by atoms with Crippen molar-refractivity contribution in [3.05, 3.63) is 53.1 Å². The van der Waals surface area contributed by atoms with Gasteiger partial charge < -0.3 is 5.73 Å². The lowest BCUT2D eigenvalue weighted by molar-refractivity contribution is 0.625. The molecule has 0 amide bonds. The lowest BCUT2D eigenvalue weighted by Gasteiger charge is -2.07. The minimum atomic E-state index is -0.243. The lowest BCUT2D eigenvalue weighted by Crippen LogP contribution is -2.01. The number of rotatable bonds is 4. The Morgan fingerprint density at radius 3 is 2.83 bits per heavy atom. The average Bonchev–Trinajstić information content (AvgIpc) is 2.37. The maximum Gasteiger partial charge on any atom is 0.188 e. The summed E-state index contributed by atoms with van der Waals surface area (Å²) in [4.78, 5) is 8.45. The first-order valence-electron chi connectivity index (χ1n) is 5.59. The highest BCUT2D eigenvalue weighted by Gasteiger charge is 2.05. The van der Waals surface area contributed by atoms with Crippen molar-refractivity contribution in [3.8, 4) is 0 Å². The minimum Gasteiger partial charge on any atom is -0.326 e. The summed E-state index contributed by atoms with van der Waals surface area (Å²) in [6.07, 6.45) is 1.72. The van der Waals surface area contributed by atoms with Gasteiger partial charge in [-0.3, -0.25) is 0 Å². The van der Waals surface area contributed by atoms with Crippen molar-refractivity contribution in [2.45, 2.75) is 24.4 Å². The summed E-state index contributed by atoms with van der Waals surface area (Å²) in [6.45, 7) is 2.32. The van der Waals surface area contributed by atoms with Crippen LogP contribution in [0.2, 0.25) is 0 Å². The molecule has 2 N–H and O–H groups in total. The summed E-state index contributed by atoms with van der Waals surface area (Å²) >= 11 is 1.48. The first-order chi connectivity index (χ1) is 8.69. The van der Waals surface area contributed by atoms with Crippen LogP contribution in [-0.4, -0.2) is 9.97 Å². The fourth-order valence-corrected chi connectivity index (χ4v) is 2.46. The Morgan fingerprint density at radius 2 is 2.11 bits per heavy atom. The van der Waals surface area contributed by atoms with Crippen LogP contribution in [0.3, 0.4) is 0 Å². The van der Waals surface area contributed by atoms with Crippen LogP contribution in [0.5, 0.6) is 0 Å². The number of nitrogens with zero attached hydrogens (tertiary/aromatic N) is 2. The third-order valence-corrected chi connectivity index (χ3v) is 3.43. The summed E-state index contributed by atoms with van der Waals surface area (Å²) in [7, 11) is 0. The lowest BCUT2D eigenvalue weighted by atomic mass is 10.1. The molecular weight excluding hydrogens is 249 g/mol. The topological polar surface area (TPSA) is 51.8 Å². The number of aryl methyl sites for hydroxylation is 1. The van der Waals surface area contributed by atoms with Gasteiger partial charge in [0.05, 0.1) is 0 Å². The Morgan fingerprint density at radius 1 is 1.28 bits per heavy atom. The molecule has 5 heteroatoms. The van der Waals surface area contributed by atoms with Crippen molar-refractivity contribution in [2.75, 3.05) is 0 Å². The first kappa shape index (κ1) is 13.0. The van der Waals surface area contributed by atoms with Gasteiger partial charge in [0.15, 0.2) is 5.16 Å². The molecule has 0 fully saturated rings. The summed E-state index contributed by atoms with van der Waals surface area (Å²) < 4.78 is 13.2. The molecule has 0 saturated carbocycles. The highest BCUT2D eigenvalue weighted by Crippen LogP contribution is 2.22. The van der Waals surface area contributed by atoms with Crippen LogP contribution in [0.4, 0.5) is 4.39 Å². The van der Waals surface area contributed by atoms with Crippen molar-refractivity contribution in [2.24, 2.45) is 5.73 Å². The van der Waals surface area contributed by atoms with Crippen LogP contribution in [0, 0.1) is 12.7 Å². The number of benzene rings is 1. The molecule has 94 valence electrons. The van der Waals surface area contributed by atoms with Gasteiger partial charge in [-0.1, -0.05) is 17.8 Å². The third-order valence-electron chi connectivity index (χ3n) is 2.52. The summed E-state index contributed by atoms with van der Waals surface area (Å²) in [5, 5.41) is 0.697. The molecule has 18 heavy (non-hydrogen) atoms. The second-order valence-electron chi connectivity index (χ2n) is 3.89. The van der Waals surface area contributed by atoms with Gasteiger partial charge in [-0.2, -0.15) is 0 Å².